The zero-order valence-corrected chi connectivity index (χ0v) is 13.8. The molecule has 114 valence electrons. The van der Waals surface area contributed by atoms with Crippen molar-refractivity contribution in [2.24, 2.45) is 0 Å². The molecule has 2 aromatic heterocycles. The van der Waals surface area contributed by atoms with Gasteiger partial charge < -0.3 is 4.74 Å². The van der Waals surface area contributed by atoms with Crippen molar-refractivity contribution < 1.29 is 13.2 Å². The number of pyridine rings is 1. The number of methoxy groups -OCH3 is 1. The SMILES string of the molecule is COc1cc(NS(=O)(=O)c2ccc(Cl)s2)c2ncccc2c1. The van der Waals surface area contributed by atoms with Crippen LogP contribution in [-0.2, 0) is 10.0 Å². The summed E-state index contributed by atoms with van der Waals surface area (Å²) in [6.07, 6.45) is 1.61. The van der Waals surface area contributed by atoms with Crippen LogP contribution in [0.3, 0.4) is 0 Å². The maximum absolute atomic E-state index is 12.4. The van der Waals surface area contributed by atoms with Crippen LogP contribution >= 0.6 is 22.9 Å². The number of fused-ring (bicyclic) bond motifs is 1. The van der Waals surface area contributed by atoms with Crippen LogP contribution in [-0.4, -0.2) is 20.5 Å². The number of hydrogen-bond acceptors (Lipinski definition) is 5. The number of nitrogens with zero attached hydrogens (tertiary/aromatic N) is 1. The first kappa shape index (κ1) is 15.1. The highest BCUT2D eigenvalue weighted by atomic mass is 35.5. The zero-order valence-electron chi connectivity index (χ0n) is 11.4. The molecule has 0 bridgehead atoms. The number of aromatic nitrogens is 1. The van der Waals surface area contributed by atoms with Gasteiger partial charge >= 0.3 is 0 Å². The predicted molar refractivity (Wildman–Crippen MR) is 88.4 cm³/mol. The maximum atomic E-state index is 12.4. The molecule has 0 saturated carbocycles. The van der Waals surface area contributed by atoms with Crippen LogP contribution in [0.25, 0.3) is 10.9 Å². The first-order chi connectivity index (χ1) is 10.5. The third-order valence-corrected chi connectivity index (χ3v) is 6.06. The van der Waals surface area contributed by atoms with Crippen LogP contribution in [0.15, 0.2) is 46.8 Å². The second-order valence-corrected chi connectivity index (χ2v) is 8.04. The molecule has 5 nitrogen and oxygen atoms in total. The van der Waals surface area contributed by atoms with Crippen molar-refractivity contribution in [2.75, 3.05) is 11.8 Å². The van der Waals surface area contributed by atoms with Gasteiger partial charge in [-0.3, -0.25) is 9.71 Å². The summed E-state index contributed by atoms with van der Waals surface area (Å²) in [6.45, 7) is 0. The molecule has 3 rings (SSSR count). The maximum Gasteiger partial charge on any atom is 0.271 e. The number of sulfonamides is 1. The van der Waals surface area contributed by atoms with Gasteiger partial charge in [0.05, 0.1) is 22.7 Å². The minimum Gasteiger partial charge on any atom is -0.497 e. The number of halogens is 1. The number of thiophene rings is 1. The minimum absolute atomic E-state index is 0.143. The average Bonchev–Trinajstić information content (AvgIpc) is 2.94. The molecule has 8 heteroatoms. The van der Waals surface area contributed by atoms with E-state index in [4.69, 9.17) is 16.3 Å². The minimum atomic E-state index is -3.72. The molecule has 0 fully saturated rings. The summed E-state index contributed by atoms with van der Waals surface area (Å²) >= 11 is 6.80. The summed E-state index contributed by atoms with van der Waals surface area (Å²) in [4.78, 5) is 4.23. The van der Waals surface area contributed by atoms with Crippen LogP contribution in [0.5, 0.6) is 5.75 Å². The smallest absolute Gasteiger partial charge is 0.271 e. The highest BCUT2D eigenvalue weighted by molar-refractivity contribution is 7.94. The van der Waals surface area contributed by atoms with E-state index in [0.29, 0.717) is 21.3 Å². The number of hydrogen-bond donors (Lipinski definition) is 1. The Kier molecular flexibility index (Phi) is 3.94. The van der Waals surface area contributed by atoms with Gasteiger partial charge in [-0.05, 0) is 24.3 Å². The molecule has 0 aliphatic carbocycles. The summed E-state index contributed by atoms with van der Waals surface area (Å²) in [5.74, 6) is 0.544. The van der Waals surface area contributed by atoms with Crippen LogP contribution in [0, 0.1) is 0 Å². The number of rotatable bonds is 4. The van der Waals surface area contributed by atoms with E-state index in [1.165, 1.54) is 13.2 Å². The van der Waals surface area contributed by atoms with E-state index in [9.17, 15) is 8.42 Å². The summed E-state index contributed by atoms with van der Waals surface area (Å²) in [5, 5.41) is 0.781. The predicted octanol–water partition coefficient (Wildman–Crippen LogP) is 3.76. The Morgan fingerprint density at radius 3 is 2.77 bits per heavy atom. The van der Waals surface area contributed by atoms with Gasteiger partial charge in [0.15, 0.2) is 0 Å². The van der Waals surface area contributed by atoms with E-state index in [1.54, 1.807) is 30.5 Å². The Morgan fingerprint density at radius 1 is 1.27 bits per heavy atom. The molecule has 0 atom stereocenters. The van der Waals surface area contributed by atoms with Crippen molar-refractivity contribution in [2.45, 2.75) is 4.21 Å². The van der Waals surface area contributed by atoms with Crippen molar-refractivity contribution in [1.29, 1.82) is 0 Å². The van der Waals surface area contributed by atoms with Gasteiger partial charge in [0.25, 0.3) is 10.0 Å². The number of anilines is 1. The van der Waals surface area contributed by atoms with Crippen molar-refractivity contribution in [3.05, 3.63) is 46.9 Å². The molecule has 1 aromatic carbocycles. The van der Waals surface area contributed by atoms with E-state index in [-0.39, 0.29) is 4.21 Å². The highest BCUT2D eigenvalue weighted by Gasteiger charge is 2.19. The van der Waals surface area contributed by atoms with Gasteiger partial charge in [-0.2, -0.15) is 0 Å². The number of benzene rings is 1. The summed E-state index contributed by atoms with van der Waals surface area (Å²) in [6, 6.07) is 10.0. The molecule has 0 spiro atoms. The molecule has 0 amide bonds. The number of ether oxygens (including phenoxy) is 1. The van der Waals surface area contributed by atoms with E-state index >= 15 is 0 Å². The molecular formula is C14H11ClN2O3S2. The molecule has 3 aromatic rings. The van der Waals surface area contributed by atoms with Gasteiger partial charge in [-0.15, -0.1) is 11.3 Å². The quantitative estimate of drug-likeness (QED) is 0.774. The number of nitrogens with one attached hydrogen (secondary N) is 1. The van der Waals surface area contributed by atoms with Crippen LogP contribution < -0.4 is 9.46 Å². The first-order valence-corrected chi connectivity index (χ1v) is 8.88. The van der Waals surface area contributed by atoms with Gasteiger partial charge in [0, 0.05) is 17.6 Å². The van der Waals surface area contributed by atoms with Gasteiger partial charge in [0.2, 0.25) is 0 Å². The molecule has 0 unspecified atom stereocenters. The summed E-state index contributed by atoms with van der Waals surface area (Å²) in [5.41, 5.74) is 0.911. The summed E-state index contributed by atoms with van der Waals surface area (Å²) in [7, 11) is -2.20. The molecular weight excluding hydrogens is 344 g/mol. The van der Waals surface area contributed by atoms with Gasteiger partial charge in [0.1, 0.15) is 9.96 Å². The lowest BCUT2D eigenvalue weighted by molar-refractivity contribution is 0.415. The fraction of sp³-hybridized carbons (Fsp3) is 0.0714. The Bertz CT molecular complexity index is 938. The third-order valence-electron chi connectivity index (χ3n) is 2.97. The van der Waals surface area contributed by atoms with Crippen molar-refractivity contribution in [3.63, 3.8) is 0 Å². The van der Waals surface area contributed by atoms with Crippen molar-refractivity contribution in [3.8, 4) is 5.75 Å². The molecule has 0 saturated heterocycles. The first-order valence-electron chi connectivity index (χ1n) is 6.20. The Labute approximate surface area is 136 Å². The molecule has 0 radical (unpaired) electrons. The highest BCUT2D eigenvalue weighted by Crippen LogP contribution is 2.31. The third kappa shape index (κ3) is 2.87. The van der Waals surface area contributed by atoms with Gasteiger partial charge in [-0.1, -0.05) is 17.7 Å². The largest absolute Gasteiger partial charge is 0.497 e. The molecule has 2 heterocycles. The lowest BCUT2D eigenvalue weighted by Crippen LogP contribution is -2.12. The van der Waals surface area contributed by atoms with Crippen LogP contribution in [0.4, 0.5) is 5.69 Å². The lowest BCUT2D eigenvalue weighted by Gasteiger charge is -2.11. The van der Waals surface area contributed by atoms with Gasteiger partial charge in [-0.25, -0.2) is 8.42 Å². The van der Waals surface area contributed by atoms with Crippen LogP contribution in [0.2, 0.25) is 4.34 Å². The van der Waals surface area contributed by atoms with E-state index < -0.39 is 10.0 Å². The topological polar surface area (TPSA) is 68.3 Å². The summed E-state index contributed by atoms with van der Waals surface area (Å²) < 4.78 is 33.2. The average molecular weight is 355 g/mol. The normalized spacial score (nSPS) is 11.5. The molecule has 22 heavy (non-hydrogen) atoms. The van der Waals surface area contributed by atoms with Crippen LogP contribution in [0.1, 0.15) is 0 Å². The van der Waals surface area contributed by atoms with E-state index in [2.05, 4.69) is 9.71 Å². The Balaban J connectivity index is 2.10. The van der Waals surface area contributed by atoms with E-state index in [0.717, 1.165) is 16.7 Å². The Morgan fingerprint density at radius 2 is 2.09 bits per heavy atom. The molecule has 1 N–H and O–H groups in total. The van der Waals surface area contributed by atoms with E-state index in [1.807, 2.05) is 6.07 Å². The fourth-order valence-electron chi connectivity index (χ4n) is 2.00. The second-order valence-electron chi connectivity index (χ2n) is 4.41. The van der Waals surface area contributed by atoms with Crippen molar-refractivity contribution >= 4 is 49.6 Å². The van der Waals surface area contributed by atoms with Crippen molar-refractivity contribution in [1.82, 2.24) is 4.98 Å². The standard InChI is InChI=1S/C14H11ClN2O3S2/c1-20-10-7-9-3-2-6-16-14(9)11(8-10)17-22(18,19)13-5-4-12(15)21-13/h2-8,17H,1H3. The molecule has 0 aliphatic rings. The second kappa shape index (κ2) is 5.75. The lowest BCUT2D eigenvalue weighted by atomic mass is 10.2. The monoisotopic (exact) mass is 354 g/mol. The fourth-order valence-corrected chi connectivity index (χ4v) is 4.54. The zero-order chi connectivity index (χ0) is 15.7. The Hall–Kier alpha value is -1.83. The molecule has 0 aliphatic heterocycles.